The molecule has 5 nitrogen and oxygen atoms in total. The largest absolute Gasteiger partial charge is 0.354 e. The molecule has 0 spiro atoms. The van der Waals surface area contributed by atoms with E-state index >= 15 is 0 Å². The topological polar surface area (TPSA) is 52.7 Å². The number of rotatable bonds is 6. The molecule has 1 fully saturated rings. The van der Waals surface area contributed by atoms with Crippen LogP contribution in [0.2, 0.25) is 0 Å². The number of nitrogens with zero attached hydrogens (tertiary/aromatic N) is 2. The zero-order chi connectivity index (χ0) is 22.5. The summed E-state index contributed by atoms with van der Waals surface area (Å²) in [7, 11) is 4.06. The highest BCUT2D eigenvalue weighted by Gasteiger charge is 2.29. The van der Waals surface area contributed by atoms with Gasteiger partial charge in [0.1, 0.15) is 0 Å². The first-order valence-corrected chi connectivity index (χ1v) is 11.3. The lowest BCUT2D eigenvalue weighted by atomic mass is 9.94. The molecule has 1 saturated heterocycles. The molecule has 3 aromatic rings. The molecule has 1 aliphatic heterocycles. The fourth-order valence-corrected chi connectivity index (χ4v) is 4.54. The summed E-state index contributed by atoms with van der Waals surface area (Å²) in [5, 5.41) is 5.20. The van der Waals surface area contributed by atoms with Gasteiger partial charge in [0.2, 0.25) is 5.91 Å². The van der Waals surface area contributed by atoms with E-state index in [0.29, 0.717) is 32.5 Å². The molecule has 1 atom stereocenters. The minimum Gasteiger partial charge on any atom is -0.354 e. The van der Waals surface area contributed by atoms with Gasteiger partial charge in [0.15, 0.2) is 0 Å². The summed E-state index contributed by atoms with van der Waals surface area (Å²) in [6.07, 6.45) is 1.39. The van der Waals surface area contributed by atoms with Crippen molar-refractivity contribution in [3.05, 3.63) is 83.9 Å². The Hall–Kier alpha value is -3.18. The van der Waals surface area contributed by atoms with Crippen molar-refractivity contribution >= 4 is 22.6 Å². The third-order valence-electron chi connectivity index (χ3n) is 6.45. The minimum atomic E-state index is -0.0508. The smallest absolute Gasteiger partial charge is 0.254 e. The van der Waals surface area contributed by atoms with Gasteiger partial charge in [0, 0.05) is 31.1 Å². The highest BCUT2D eigenvalue weighted by molar-refractivity contribution is 6.07. The maximum absolute atomic E-state index is 13.2. The van der Waals surface area contributed by atoms with E-state index in [1.165, 1.54) is 5.56 Å². The maximum Gasteiger partial charge on any atom is 0.254 e. The van der Waals surface area contributed by atoms with Crippen LogP contribution in [0.15, 0.2) is 72.8 Å². The molecule has 0 bridgehead atoms. The third kappa shape index (κ3) is 4.83. The van der Waals surface area contributed by atoms with Gasteiger partial charge in [0.25, 0.3) is 5.91 Å². The van der Waals surface area contributed by atoms with Gasteiger partial charge in [-0.2, -0.15) is 0 Å². The highest BCUT2D eigenvalue weighted by Crippen LogP contribution is 2.24. The quantitative estimate of drug-likeness (QED) is 0.642. The zero-order valence-corrected chi connectivity index (χ0v) is 18.8. The maximum atomic E-state index is 13.2. The number of amides is 2. The van der Waals surface area contributed by atoms with E-state index < -0.39 is 0 Å². The van der Waals surface area contributed by atoms with E-state index in [9.17, 15) is 9.59 Å². The van der Waals surface area contributed by atoms with Crippen molar-refractivity contribution in [1.29, 1.82) is 0 Å². The lowest BCUT2D eigenvalue weighted by Gasteiger charge is -2.32. The molecule has 1 aliphatic rings. The minimum absolute atomic E-state index is 0.0508. The van der Waals surface area contributed by atoms with Crippen LogP contribution in [-0.4, -0.2) is 55.3 Å². The predicted octanol–water partition coefficient (Wildman–Crippen LogP) is 4.11. The number of benzene rings is 3. The molecule has 0 unspecified atom stereocenters. The molecule has 0 aromatic heterocycles. The summed E-state index contributed by atoms with van der Waals surface area (Å²) in [4.78, 5) is 30.0. The van der Waals surface area contributed by atoms with Crippen molar-refractivity contribution in [2.24, 2.45) is 5.92 Å². The number of carbonyl (C=O) groups excluding carboxylic acids is 2. The molecule has 4 rings (SSSR count). The molecule has 5 heteroatoms. The molecule has 0 aliphatic carbocycles. The van der Waals surface area contributed by atoms with Gasteiger partial charge in [0.05, 0.1) is 6.04 Å². The lowest BCUT2D eigenvalue weighted by molar-refractivity contribution is -0.126. The molecule has 2 amide bonds. The van der Waals surface area contributed by atoms with Gasteiger partial charge < -0.3 is 15.1 Å². The van der Waals surface area contributed by atoms with E-state index in [2.05, 4.69) is 22.3 Å². The summed E-state index contributed by atoms with van der Waals surface area (Å²) in [5.74, 6) is 0.0904. The fourth-order valence-electron chi connectivity index (χ4n) is 4.54. The Morgan fingerprint density at radius 2 is 1.59 bits per heavy atom. The van der Waals surface area contributed by atoms with Crippen LogP contribution in [-0.2, 0) is 4.79 Å². The average molecular weight is 430 g/mol. The van der Waals surface area contributed by atoms with Crippen LogP contribution in [0.25, 0.3) is 10.8 Å². The zero-order valence-electron chi connectivity index (χ0n) is 18.8. The first-order chi connectivity index (χ1) is 15.5. The van der Waals surface area contributed by atoms with Gasteiger partial charge in [-0.1, -0.05) is 66.7 Å². The van der Waals surface area contributed by atoms with E-state index in [1.807, 2.05) is 79.7 Å². The van der Waals surface area contributed by atoms with Gasteiger partial charge in [-0.15, -0.1) is 0 Å². The number of likely N-dealkylation sites (tertiary alicyclic amines) is 1. The van der Waals surface area contributed by atoms with Crippen LogP contribution >= 0.6 is 0 Å². The average Bonchev–Trinajstić information content (AvgIpc) is 2.84. The number of likely N-dealkylation sites (N-methyl/N-ethyl adjacent to an activating group) is 1. The summed E-state index contributed by atoms with van der Waals surface area (Å²) >= 11 is 0. The summed E-state index contributed by atoms with van der Waals surface area (Å²) < 4.78 is 0. The molecule has 166 valence electrons. The van der Waals surface area contributed by atoms with Gasteiger partial charge in [-0.25, -0.2) is 0 Å². The van der Waals surface area contributed by atoms with Crippen LogP contribution in [0, 0.1) is 5.92 Å². The Bertz CT molecular complexity index is 1070. The first kappa shape index (κ1) is 22.0. The number of carbonyl (C=O) groups is 2. The van der Waals surface area contributed by atoms with E-state index in [4.69, 9.17) is 0 Å². The number of hydrogen-bond acceptors (Lipinski definition) is 3. The molecular weight excluding hydrogens is 398 g/mol. The molecular formula is C27H31N3O2. The van der Waals surface area contributed by atoms with E-state index in [0.717, 1.165) is 16.3 Å². The van der Waals surface area contributed by atoms with Crippen molar-refractivity contribution in [3.8, 4) is 0 Å². The first-order valence-electron chi connectivity index (χ1n) is 11.3. The number of nitrogens with one attached hydrogen (secondary N) is 1. The van der Waals surface area contributed by atoms with Crippen molar-refractivity contribution in [2.75, 3.05) is 33.7 Å². The third-order valence-corrected chi connectivity index (χ3v) is 6.45. The normalized spacial score (nSPS) is 15.7. The van der Waals surface area contributed by atoms with Crippen LogP contribution in [0.5, 0.6) is 0 Å². The Labute approximate surface area is 190 Å². The van der Waals surface area contributed by atoms with Crippen molar-refractivity contribution in [3.63, 3.8) is 0 Å². The Balaban J connectivity index is 1.34. The number of fused-ring (bicyclic) bond motifs is 1. The lowest BCUT2D eigenvalue weighted by Crippen LogP contribution is -2.44. The summed E-state index contributed by atoms with van der Waals surface area (Å²) in [6, 6.07) is 24.2. The van der Waals surface area contributed by atoms with Crippen molar-refractivity contribution in [2.45, 2.75) is 18.9 Å². The van der Waals surface area contributed by atoms with Crippen LogP contribution < -0.4 is 5.32 Å². The SMILES string of the molecule is CN(C)[C@@H](CNC(=O)C1CCN(C(=O)c2cccc3ccccc23)CC1)c1ccccc1. The van der Waals surface area contributed by atoms with E-state index in [1.54, 1.807) is 0 Å². The second kappa shape index (κ2) is 9.96. The number of piperidine rings is 1. The predicted molar refractivity (Wildman–Crippen MR) is 128 cm³/mol. The summed E-state index contributed by atoms with van der Waals surface area (Å²) in [5.41, 5.74) is 1.93. The molecule has 1 heterocycles. The van der Waals surface area contributed by atoms with Crippen molar-refractivity contribution < 1.29 is 9.59 Å². The molecule has 0 radical (unpaired) electrons. The Kier molecular flexibility index (Phi) is 6.86. The number of hydrogen-bond donors (Lipinski definition) is 1. The van der Waals surface area contributed by atoms with Gasteiger partial charge in [-0.3, -0.25) is 9.59 Å². The van der Waals surface area contributed by atoms with Crippen molar-refractivity contribution in [1.82, 2.24) is 15.1 Å². The van der Waals surface area contributed by atoms with Crippen LogP contribution in [0.3, 0.4) is 0 Å². The summed E-state index contributed by atoms with van der Waals surface area (Å²) in [6.45, 7) is 1.79. The molecule has 1 N–H and O–H groups in total. The molecule has 0 saturated carbocycles. The second-order valence-electron chi connectivity index (χ2n) is 8.73. The Morgan fingerprint density at radius 3 is 2.31 bits per heavy atom. The van der Waals surface area contributed by atoms with Crippen LogP contribution in [0.4, 0.5) is 0 Å². The second-order valence-corrected chi connectivity index (χ2v) is 8.73. The Morgan fingerprint density at radius 1 is 0.938 bits per heavy atom. The fraction of sp³-hybridized carbons (Fsp3) is 0.333. The monoisotopic (exact) mass is 429 g/mol. The van der Waals surface area contributed by atoms with E-state index in [-0.39, 0.29) is 23.8 Å². The molecule has 3 aromatic carbocycles. The van der Waals surface area contributed by atoms with Gasteiger partial charge in [-0.05, 0) is 49.3 Å². The standard InChI is InChI=1S/C27H31N3O2/c1-29(2)25(21-10-4-3-5-11-21)19-28-26(31)22-15-17-30(18-16-22)27(32)24-14-8-12-20-9-6-7-13-23(20)24/h3-14,22,25H,15-19H2,1-2H3,(H,28,31)/t25-/m0/s1. The van der Waals surface area contributed by atoms with Crippen LogP contribution in [0.1, 0.15) is 34.8 Å². The highest BCUT2D eigenvalue weighted by atomic mass is 16.2. The molecule has 32 heavy (non-hydrogen) atoms. The van der Waals surface area contributed by atoms with Gasteiger partial charge >= 0.3 is 0 Å².